The number of guanidine groups is 1. The minimum atomic E-state index is 0.679. The first-order valence-corrected chi connectivity index (χ1v) is 9.22. The van der Waals surface area contributed by atoms with E-state index in [0.29, 0.717) is 18.0 Å². The third kappa shape index (κ3) is 5.63. The Morgan fingerprint density at radius 1 is 1.20 bits per heavy atom. The zero-order chi connectivity index (χ0) is 18.1. The molecule has 7 heteroatoms. The SMILES string of the molecule is CCNC(=NCCc1ncc(CC)s1)Nc1ccc(OC)c(OC)c1. The molecule has 2 rings (SSSR count). The molecular formula is C18H26N4O2S. The normalized spacial score (nSPS) is 11.3. The second-order valence-electron chi connectivity index (χ2n) is 5.28. The van der Waals surface area contributed by atoms with Crippen LogP contribution < -0.4 is 20.1 Å². The van der Waals surface area contributed by atoms with Gasteiger partial charge in [-0.3, -0.25) is 4.99 Å². The van der Waals surface area contributed by atoms with Crippen LogP contribution in [0.4, 0.5) is 5.69 Å². The number of aryl methyl sites for hydroxylation is 1. The fourth-order valence-corrected chi connectivity index (χ4v) is 3.10. The Labute approximate surface area is 153 Å². The lowest BCUT2D eigenvalue weighted by Gasteiger charge is -2.13. The summed E-state index contributed by atoms with van der Waals surface area (Å²) in [5.41, 5.74) is 0.889. The molecule has 0 unspecified atom stereocenters. The molecule has 0 bridgehead atoms. The number of hydrogen-bond donors (Lipinski definition) is 2. The lowest BCUT2D eigenvalue weighted by atomic mass is 10.3. The summed E-state index contributed by atoms with van der Waals surface area (Å²) in [6.07, 6.45) is 3.83. The Bertz CT molecular complexity index is 700. The van der Waals surface area contributed by atoms with Gasteiger partial charge in [-0.25, -0.2) is 4.98 Å². The van der Waals surface area contributed by atoms with Gasteiger partial charge in [-0.2, -0.15) is 0 Å². The quantitative estimate of drug-likeness (QED) is 0.557. The van der Waals surface area contributed by atoms with Crippen molar-refractivity contribution in [3.05, 3.63) is 34.3 Å². The maximum Gasteiger partial charge on any atom is 0.195 e. The first kappa shape index (κ1) is 19.1. The predicted octanol–water partition coefficient (Wildman–Crippen LogP) is 3.34. The topological polar surface area (TPSA) is 67.8 Å². The number of nitrogens with zero attached hydrogens (tertiary/aromatic N) is 2. The zero-order valence-corrected chi connectivity index (χ0v) is 16.1. The maximum atomic E-state index is 5.34. The fourth-order valence-electron chi connectivity index (χ4n) is 2.25. The van der Waals surface area contributed by atoms with Gasteiger partial charge in [0.1, 0.15) is 0 Å². The van der Waals surface area contributed by atoms with Crippen LogP contribution in [0.15, 0.2) is 29.4 Å². The van der Waals surface area contributed by atoms with Gasteiger partial charge in [0.2, 0.25) is 0 Å². The van der Waals surface area contributed by atoms with Crippen molar-refractivity contribution in [2.24, 2.45) is 4.99 Å². The number of thiazole rings is 1. The van der Waals surface area contributed by atoms with Crippen molar-refractivity contribution in [3.63, 3.8) is 0 Å². The average Bonchev–Trinajstić information content (AvgIpc) is 3.09. The summed E-state index contributed by atoms with van der Waals surface area (Å²) in [5, 5.41) is 7.67. The molecular weight excluding hydrogens is 336 g/mol. The van der Waals surface area contributed by atoms with Crippen LogP contribution in [0, 0.1) is 0 Å². The Balaban J connectivity index is 2.01. The second kappa shape index (κ2) is 9.88. The van der Waals surface area contributed by atoms with Crippen LogP contribution in [-0.4, -0.2) is 38.3 Å². The molecule has 0 aliphatic carbocycles. The molecule has 0 fully saturated rings. The zero-order valence-electron chi connectivity index (χ0n) is 15.3. The fraction of sp³-hybridized carbons (Fsp3) is 0.444. The van der Waals surface area contributed by atoms with E-state index in [9.17, 15) is 0 Å². The number of anilines is 1. The molecule has 1 heterocycles. The van der Waals surface area contributed by atoms with Crippen LogP contribution in [0.3, 0.4) is 0 Å². The Hall–Kier alpha value is -2.28. The number of rotatable bonds is 8. The largest absolute Gasteiger partial charge is 0.493 e. The molecule has 0 amide bonds. The van der Waals surface area contributed by atoms with Gasteiger partial charge >= 0.3 is 0 Å². The molecule has 1 aromatic carbocycles. The molecule has 25 heavy (non-hydrogen) atoms. The highest BCUT2D eigenvalue weighted by Gasteiger charge is 2.06. The van der Waals surface area contributed by atoms with E-state index < -0.39 is 0 Å². The number of ether oxygens (including phenoxy) is 2. The number of aliphatic imine (C=N–C) groups is 1. The van der Waals surface area contributed by atoms with E-state index in [1.54, 1.807) is 25.6 Å². The van der Waals surface area contributed by atoms with Crippen molar-refractivity contribution in [1.82, 2.24) is 10.3 Å². The lowest BCUT2D eigenvalue weighted by Crippen LogP contribution is -2.30. The highest BCUT2D eigenvalue weighted by molar-refractivity contribution is 7.11. The van der Waals surface area contributed by atoms with Gasteiger partial charge in [0.15, 0.2) is 17.5 Å². The van der Waals surface area contributed by atoms with Crippen molar-refractivity contribution in [3.8, 4) is 11.5 Å². The summed E-state index contributed by atoms with van der Waals surface area (Å²) in [6.45, 7) is 5.65. The van der Waals surface area contributed by atoms with Crippen molar-refractivity contribution in [2.75, 3.05) is 32.6 Å². The highest BCUT2D eigenvalue weighted by atomic mass is 32.1. The van der Waals surface area contributed by atoms with Crippen LogP contribution in [-0.2, 0) is 12.8 Å². The molecule has 2 aromatic rings. The molecule has 0 aliphatic heterocycles. The van der Waals surface area contributed by atoms with Crippen LogP contribution >= 0.6 is 11.3 Å². The van der Waals surface area contributed by atoms with Gasteiger partial charge in [-0.1, -0.05) is 6.92 Å². The third-order valence-electron chi connectivity index (χ3n) is 3.54. The first-order valence-electron chi connectivity index (χ1n) is 8.41. The van der Waals surface area contributed by atoms with Gasteiger partial charge in [-0.15, -0.1) is 11.3 Å². The summed E-state index contributed by atoms with van der Waals surface area (Å²) in [5.74, 6) is 2.12. The highest BCUT2D eigenvalue weighted by Crippen LogP contribution is 2.29. The smallest absolute Gasteiger partial charge is 0.195 e. The van der Waals surface area contributed by atoms with Gasteiger partial charge < -0.3 is 20.1 Å². The molecule has 0 atom stereocenters. The molecule has 1 aromatic heterocycles. The Morgan fingerprint density at radius 3 is 2.64 bits per heavy atom. The Morgan fingerprint density at radius 2 is 2.00 bits per heavy atom. The molecule has 0 spiro atoms. The van der Waals surface area contributed by atoms with Crippen molar-refractivity contribution >= 4 is 23.0 Å². The molecule has 0 aliphatic rings. The van der Waals surface area contributed by atoms with Crippen LogP contribution in [0.2, 0.25) is 0 Å². The number of methoxy groups -OCH3 is 2. The average molecular weight is 362 g/mol. The number of aromatic nitrogens is 1. The molecule has 136 valence electrons. The van der Waals surface area contributed by atoms with E-state index in [1.807, 2.05) is 31.3 Å². The van der Waals surface area contributed by atoms with E-state index in [0.717, 1.165) is 36.0 Å². The van der Waals surface area contributed by atoms with Gasteiger partial charge in [0.25, 0.3) is 0 Å². The van der Waals surface area contributed by atoms with E-state index in [4.69, 9.17) is 9.47 Å². The van der Waals surface area contributed by atoms with Crippen LogP contribution in [0.25, 0.3) is 0 Å². The van der Waals surface area contributed by atoms with E-state index in [2.05, 4.69) is 27.5 Å². The standard InChI is InChI=1S/C18H26N4O2S/c1-5-14-12-21-17(25-14)9-10-20-18(19-6-2)22-13-7-8-15(23-3)16(11-13)24-4/h7-8,11-12H,5-6,9-10H2,1-4H3,(H2,19,20,22). The van der Waals surface area contributed by atoms with Crippen LogP contribution in [0.1, 0.15) is 23.7 Å². The maximum absolute atomic E-state index is 5.34. The first-order chi connectivity index (χ1) is 12.2. The lowest BCUT2D eigenvalue weighted by molar-refractivity contribution is 0.355. The molecule has 0 radical (unpaired) electrons. The summed E-state index contributed by atoms with van der Waals surface area (Å²) in [7, 11) is 3.25. The van der Waals surface area contributed by atoms with E-state index in [1.165, 1.54) is 4.88 Å². The summed E-state index contributed by atoms with van der Waals surface area (Å²) >= 11 is 1.76. The summed E-state index contributed by atoms with van der Waals surface area (Å²) in [4.78, 5) is 10.4. The van der Waals surface area contributed by atoms with Crippen molar-refractivity contribution < 1.29 is 9.47 Å². The van der Waals surface area contributed by atoms with E-state index in [-0.39, 0.29) is 0 Å². The van der Waals surface area contributed by atoms with Crippen molar-refractivity contribution in [2.45, 2.75) is 26.7 Å². The van der Waals surface area contributed by atoms with Crippen molar-refractivity contribution in [1.29, 1.82) is 0 Å². The van der Waals surface area contributed by atoms with Gasteiger partial charge in [0.05, 0.1) is 19.2 Å². The number of hydrogen-bond acceptors (Lipinski definition) is 5. The van der Waals surface area contributed by atoms with Gasteiger partial charge in [0, 0.05) is 42.3 Å². The van der Waals surface area contributed by atoms with E-state index >= 15 is 0 Å². The van der Waals surface area contributed by atoms with Crippen LogP contribution in [0.5, 0.6) is 11.5 Å². The number of nitrogens with one attached hydrogen (secondary N) is 2. The molecule has 0 saturated heterocycles. The summed E-state index contributed by atoms with van der Waals surface area (Å²) < 4.78 is 10.6. The number of benzene rings is 1. The summed E-state index contributed by atoms with van der Waals surface area (Å²) in [6, 6.07) is 5.69. The predicted molar refractivity (Wildman–Crippen MR) is 104 cm³/mol. The second-order valence-corrected chi connectivity index (χ2v) is 6.48. The molecule has 0 saturated carbocycles. The molecule has 6 nitrogen and oxygen atoms in total. The monoisotopic (exact) mass is 362 g/mol. The minimum absolute atomic E-state index is 0.679. The Kier molecular flexibility index (Phi) is 7.53. The molecule has 2 N–H and O–H groups in total. The van der Waals surface area contributed by atoms with Gasteiger partial charge in [-0.05, 0) is 25.5 Å². The third-order valence-corrected chi connectivity index (χ3v) is 4.74. The minimum Gasteiger partial charge on any atom is -0.493 e.